The number of alkyl halides is 3. The van der Waals surface area contributed by atoms with E-state index in [-0.39, 0.29) is 19.0 Å². The highest BCUT2D eigenvalue weighted by atomic mass is 32.1. The van der Waals surface area contributed by atoms with Crippen molar-refractivity contribution < 1.29 is 23.1 Å². The molecule has 0 fully saturated rings. The molecule has 1 aromatic heterocycles. The highest BCUT2D eigenvalue weighted by Crippen LogP contribution is 2.29. The normalized spacial score (nSPS) is 13.5. The van der Waals surface area contributed by atoms with Crippen molar-refractivity contribution >= 4 is 33.3 Å². The second-order valence-corrected chi connectivity index (χ2v) is 6.99. The lowest BCUT2D eigenvalue weighted by Crippen LogP contribution is -2.46. The Morgan fingerprint density at radius 3 is 2.67 bits per heavy atom. The zero-order valence-corrected chi connectivity index (χ0v) is 15.7. The molecule has 1 amide bonds. The molecule has 3 N–H and O–H groups in total. The maximum Gasteiger partial charge on any atom is 0.406 e. The topological polar surface area (TPSA) is 77.0 Å². The van der Waals surface area contributed by atoms with Crippen LogP contribution in [0.1, 0.15) is 11.0 Å². The number of carbonyl (C=O) groups excluding carboxylic acids is 1. The van der Waals surface area contributed by atoms with Gasteiger partial charge in [-0.1, -0.05) is 18.2 Å². The molecule has 1 atom stereocenters. The molecule has 0 aliphatic heterocycles. The Balaban J connectivity index is 1.83. The number of carbonyl (C=O) groups is 1. The van der Waals surface area contributed by atoms with Gasteiger partial charge in [-0.25, -0.2) is 0 Å². The van der Waals surface area contributed by atoms with Crippen molar-refractivity contribution in [1.29, 1.82) is 0 Å². The minimum Gasteiger partial charge on any atom is -0.386 e. The molecule has 27 heavy (non-hydrogen) atoms. The number of nitrogens with zero attached hydrogens (tertiary/aromatic N) is 2. The van der Waals surface area contributed by atoms with Gasteiger partial charge in [-0.15, -0.1) is 11.3 Å². The van der Waals surface area contributed by atoms with E-state index >= 15 is 0 Å². The van der Waals surface area contributed by atoms with Crippen LogP contribution in [0, 0.1) is 0 Å². The fraction of sp³-hybridized carbons (Fsp3) is 0.412. The van der Waals surface area contributed by atoms with Crippen LogP contribution in [0.2, 0.25) is 0 Å². The number of benzene rings is 1. The number of likely N-dealkylation sites (N-methyl/N-ethyl adjacent to an activating group) is 1. The third-order valence-corrected chi connectivity index (χ3v) is 4.93. The van der Waals surface area contributed by atoms with E-state index in [2.05, 4.69) is 15.6 Å². The molecule has 148 valence electrons. The summed E-state index contributed by atoms with van der Waals surface area (Å²) in [4.78, 5) is 17.0. The minimum atomic E-state index is -4.45. The summed E-state index contributed by atoms with van der Waals surface area (Å²) in [5.41, 5.74) is 0. The predicted molar refractivity (Wildman–Crippen MR) is 99.8 cm³/mol. The Kier molecular flexibility index (Phi) is 7.03. The molecule has 0 saturated heterocycles. The molecule has 0 bridgehead atoms. The van der Waals surface area contributed by atoms with E-state index in [1.165, 1.54) is 18.4 Å². The van der Waals surface area contributed by atoms with Crippen molar-refractivity contribution in [3.8, 4) is 0 Å². The smallest absolute Gasteiger partial charge is 0.386 e. The van der Waals surface area contributed by atoms with Crippen LogP contribution < -0.4 is 10.6 Å². The molecule has 2 rings (SSSR count). The average molecular weight is 402 g/mol. The number of aliphatic imine (C=N–C) groups is 1. The molecule has 0 aliphatic rings. The van der Waals surface area contributed by atoms with Crippen LogP contribution in [0.5, 0.6) is 0 Å². The number of hydrogen-bond donors (Lipinski definition) is 3. The second kappa shape index (κ2) is 9.05. The molecule has 1 aromatic carbocycles. The van der Waals surface area contributed by atoms with Gasteiger partial charge in [-0.2, -0.15) is 13.2 Å². The van der Waals surface area contributed by atoms with Gasteiger partial charge < -0.3 is 20.6 Å². The summed E-state index contributed by atoms with van der Waals surface area (Å²) in [6.07, 6.45) is -5.23. The molecular formula is C17H21F3N4O2S. The van der Waals surface area contributed by atoms with Gasteiger partial charge in [0, 0.05) is 30.2 Å². The van der Waals surface area contributed by atoms with Crippen LogP contribution in [0.15, 0.2) is 35.3 Å². The Labute approximate surface area is 158 Å². The third-order valence-electron chi connectivity index (χ3n) is 3.71. The van der Waals surface area contributed by atoms with Crippen LogP contribution >= 0.6 is 11.3 Å². The van der Waals surface area contributed by atoms with Gasteiger partial charge in [-0.3, -0.25) is 9.79 Å². The third kappa shape index (κ3) is 6.40. The van der Waals surface area contributed by atoms with Crippen molar-refractivity contribution in [2.24, 2.45) is 4.99 Å². The summed E-state index contributed by atoms with van der Waals surface area (Å²) in [6.45, 7) is -1.52. The molecule has 0 aliphatic carbocycles. The van der Waals surface area contributed by atoms with Crippen molar-refractivity contribution in [2.75, 3.05) is 33.7 Å². The molecule has 1 unspecified atom stereocenters. The molecule has 0 saturated carbocycles. The van der Waals surface area contributed by atoms with E-state index in [1.807, 2.05) is 30.3 Å². The first-order valence-electron chi connectivity index (χ1n) is 8.11. The van der Waals surface area contributed by atoms with E-state index in [0.29, 0.717) is 4.90 Å². The first kappa shape index (κ1) is 21.0. The SMILES string of the molecule is CN=C(NCC(=O)N(C)CC(F)(F)F)NCC(O)c1cc2ccccc2s1. The van der Waals surface area contributed by atoms with E-state index in [0.717, 1.165) is 22.0 Å². The standard InChI is InChI=1S/C17H21F3N4O2S/c1-21-16(23-9-15(26)24(2)10-17(18,19)20)22-8-12(25)14-7-11-5-3-4-6-13(11)27-14/h3-7,12,25H,8-10H2,1-2H3,(H2,21,22,23). The Hall–Kier alpha value is -2.33. The number of halogens is 3. The summed E-state index contributed by atoms with van der Waals surface area (Å²) in [6, 6.07) is 9.66. The van der Waals surface area contributed by atoms with Gasteiger partial charge in [0.05, 0.1) is 6.54 Å². The van der Waals surface area contributed by atoms with Crippen molar-refractivity contribution in [2.45, 2.75) is 12.3 Å². The van der Waals surface area contributed by atoms with Gasteiger partial charge in [0.15, 0.2) is 5.96 Å². The fourth-order valence-corrected chi connectivity index (χ4v) is 3.38. The van der Waals surface area contributed by atoms with Crippen molar-refractivity contribution in [1.82, 2.24) is 15.5 Å². The maximum atomic E-state index is 12.3. The van der Waals surface area contributed by atoms with Crippen molar-refractivity contribution in [3.05, 3.63) is 35.2 Å². The number of hydrogen-bond acceptors (Lipinski definition) is 4. The fourth-order valence-electron chi connectivity index (χ4n) is 2.33. The number of thiophene rings is 1. The second-order valence-electron chi connectivity index (χ2n) is 5.87. The lowest BCUT2D eigenvalue weighted by molar-refractivity contribution is -0.157. The maximum absolute atomic E-state index is 12.3. The zero-order chi connectivity index (χ0) is 20.0. The summed E-state index contributed by atoms with van der Waals surface area (Å²) in [5.74, 6) is -0.510. The largest absolute Gasteiger partial charge is 0.406 e. The Morgan fingerprint density at radius 1 is 1.33 bits per heavy atom. The van der Waals surface area contributed by atoms with E-state index < -0.39 is 24.7 Å². The monoisotopic (exact) mass is 402 g/mol. The summed E-state index contributed by atoms with van der Waals surface area (Å²) in [5, 5.41) is 16.9. The number of fused-ring (bicyclic) bond motifs is 1. The van der Waals surface area contributed by atoms with Gasteiger partial charge in [0.2, 0.25) is 5.91 Å². The molecular weight excluding hydrogens is 381 g/mol. The molecule has 0 radical (unpaired) electrons. The van der Waals surface area contributed by atoms with Crippen molar-refractivity contribution in [3.63, 3.8) is 0 Å². The number of guanidine groups is 1. The molecule has 1 heterocycles. The number of aliphatic hydroxyl groups is 1. The van der Waals surface area contributed by atoms with Crippen LogP contribution in [0.4, 0.5) is 13.2 Å². The molecule has 0 spiro atoms. The highest BCUT2D eigenvalue weighted by Gasteiger charge is 2.31. The zero-order valence-electron chi connectivity index (χ0n) is 14.9. The first-order valence-corrected chi connectivity index (χ1v) is 8.93. The highest BCUT2D eigenvalue weighted by molar-refractivity contribution is 7.19. The molecule has 2 aromatic rings. The molecule has 10 heteroatoms. The van der Waals surface area contributed by atoms with Gasteiger partial charge >= 0.3 is 6.18 Å². The van der Waals surface area contributed by atoms with Gasteiger partial charge in [-0.05, 0) is 17.5 Å². The van der Waals surface area contributed by atoms with E-state index in [1.54, 1.807) is 0 Å². The lowest BCUT2D eigenvalue weighted by Gasteiger charge is -2.20. The van der Waals surface area contributed by atoms with Crippen LogP contribution in [0.3, 0.4) is 0 Å². The van der Waals surface area contributed by atoms with Gasteiger partial charge in [0.1, 0.15) is 12.6 Å². The van der Waals surface area contributed by atoms with Crippen LogP contribution in [-0.4, -0.2) is 61.8 Å². The molecule has 6 nitrogen and oxygen atoms in total. The summed E-state index contributed by atoms with van der Waals surface area (Å²) < 4.78 is 38.0. The Bertz CT molecular complexity index is 774. The number of aliphatic hydroxyl groups excluding tert-OH is 1. The Morgan fingerprint density at radius 2 is 2.04 bits per heavy atom. The average Bonchev–Trinajstić information content (AvgIpc) is 3.04. The number of rotatable bonds is 6. The quantitative estimate of drug-likeness (QED) is 0.511. The van der Waals surface area contributed by atoms with Gasteiger partial charge in [0.25, 0.3) is 0 Å². The van der Waals surface area contributed by atoms with E-state index in [4.69, 9.17) is 0 Å². The lowest BCUT2D eigenvalue weighted by atomic mass is 10.2. The minimum absolute atomic E-state index is 0.138. The van der Waals surface area contributed by atoms with Crippen LogP contribution in [-0.2, 0) is 4.79 Å². The first-order chi connectivity index (χ1) is 12.7. The number of nitrogens with one attached hydrogen (secondary N) is 2. The van der Waals surface area contributed by atoms with Crippen LogP contribution in [0.25, 0.3) is 10.1 Å². The summed E-state index contributed by atoms with van der Waals surface area (Å²) >= 11 is 1.47. The van der Waals surface area contributed by atoms with E-state index in [9.17, 15) is 23.1 Å². The number of amides is 1. The predicted octanol–water partition coefficient (Wildman–Crippen LogP) is 2.12. The summed E-state index contributed by atoms with van der Waals surface area (Å²) in [7, 11) is 2.55.